The van der Waals surface area contributed by atoms with Gasteiger partial charge < -0.3 is 4.42 Å². The Labute approximate surface area is 126 Å². The average molecular weight is 295 g/mol. The number of pyridine rings is 1. The fourth-order valence-electron chi connectivity index (χ4n) is 2.13. The van der Waals surface area contributed by atoms with Crippen LogP contribution in [-0.4, -0.2) is 11.2 Å². The summed E-state index contributed by atoms with van der Waals surface area (Å²) in [5, 5.41) is 0. The van der Waals surface area contributed by atoms with Crippen LogP contribution in [0.15, 0.2) is 74.9 Å². The molecule has 0 aliphatic carbocycles. The van der Waals surface area contributed by atoms with Gasteiger partial charge in [-0.15, -0.1) is 11.8 Å². The third kappa shape index (κ3) is 2.76. The SMILES string of the molecule is CSc1cc(-c2ccccn2)oc(=O)c1-c1ccccc1. The number of thioether (sulfide) groups is 1. The van der Waals surface area contributed by atoms with Crippen molar-refractivity contribution < 1.29 is 4.42 Å². The molecule has 0 aliphatic heterocycles. The largest absolute Gasteiger partial charge is 0.421 e. The molecule has 3 aromatic rings. The first kappa shape index (κ1) is 13.6. The minimum Gasteiger partial charge on any atom is -0.421 e. The maximum absolute atomic E-state index is 12.4. The molecule has 0 radical (unpaired) electrons. The number of hydrogen-bond acceptors (Lipinski definition) is 4. The second-order valence-electron chi connectivity index (χ2n) is 4.42. The molecule has 0 aliphatic rings. The standard InChI is InChI=1S/C17H13NO2S/c1-21-15-11-14(13-9-5-6-10-18-13)20-17(19)16(15)12-7-3-2-4-8-12/h2-11H,1H3. The minimum absolute atomic E-state index is 0.339. The molecule has 0 N–H and O–H groups in total. The minimum atomic E-state index is -0.339. The zero-order chi connectivity index (χ0) is 14.7. The highest BCUT2D eigenvalue weighted by molar-refractivity contribution is 7.98. The van der Waals surface area contributed by atoms with Gasteiger partial charge >= 0.3 is 5.63 Å². The van der Waals surface area contributed by atoms with Crippen LogP contribution in [0, 0.1) is 0 Å². The van der Waals surface area contributed by atoms with Gasteiger partial charge in [0.05, 0.1) is 5.56 Å². The van der Waals surface area contributed by atoms with Crippen LogP contribution >= 0.6 is 11.8 Å². The van der Waals surface area contributed by atoms with Gasteiger partial charge in [0, 0.05) is 11.1 Å². The van der Waals surface area contributed by atoms with Crippen molar-refractivity contribution in [2.45, 2.75) is 4.90 Å². The van der Waals surface area contributed by atoms with Crippen molar-refractivity contribution in [3.05, 3.63) is 71.2 Å². The Morgan fingerprint density at radius 1 is 1.05 bits per heavy atom. The molecule has 0 bridgehead atoms. The van der Waals surface area contributed by atoms with Crippen LogP contribution < -0.4 is 5.63 Å². The van der Waals surface area contributed by atoms with Gasteiger partial charge in [-0.25, -0.2) is 4.79 Å². The number of aromatic nitrogens is 1. The lowest BCUT2D eigenvalue weighted by Gasteiger charge is -2.08. The molecule has 1 aromatic carbocycles. The lowest BCUT2D eigenvalue weighted by molar-refractivity contribution is 0.522. The van der Waals surface area contributed by atoms with Crippen LogP contribution in [0.4, 0.5) is 0 Å². The van der Waals surface area contributed by atoms with Crippen LogP contribution in [0.1, 0.15) is 0 Å². The number of hydrogen-bond donors (Lipinski definition) is 0. The van der Waals surface area contributed by atoms with Crippen molar-refractivity contribution in [2.24, 2.45) is 0 Å². The van der Waals surface area contributed by atoms with Gasteiger partial charge in [-0.2, -0.15) is 0 Å². The molecule has 0 saturated heterocycles. The van der Waals surface area contributed by atoms with E-state index in [0.717, 1.165) is 10.5 Å². The van der Waals surface area contributed by atoms with Gasteiger partial charge in [-0.1, -0.05) is 36.4 Å². The molecule has 0 saturated carbocycles. The van der Waals surface area contributed by atoms with Crippen LogP contribution in [0.5, 0.6) is 0 Å². The number of benzene rings is 1. The second-order valence-corrected chi connectivity index (χ2v) is 5.27. The van der Waals surface area contributed by atoms with Crippen molar-refractivity contribution in [2.75, 3.05) is 6.26 Å². The first-order chi connectivity index (χ1) is 10.3. The van der Waals surface area contributed by atoms with E-state index in [4.69, 9.17) is 4.42 Å². The molecular formula is C17H13NO2S. The lowest BCUT2D eigenvalue weighted by Crippen LogP contribution is -2.05. The molecule has 4 heteroatoms. The molecule has 3 rings (SSSR count). The molecule has 3 nitrogen and oxygen atoms in total. The summed E-state index contributed by atoms with van der Waals surface area (Å²) in [7, 11) is 0. The van der Waals surface area contributed by atoms with Crippen molar-refractivity contribution >= 4 is 11.8 Å². The highest BCUT2D eigenvalue weighted by atomic mass is 32.2. The Morgan fingerprint density at radius 3 is 2.48 bits per heavy atom. The molecule has 0 spiro atoms. The first-order valence-electron chi connectivity index (χ1n) is 6.48. The quantitative estimate of drug-likeness (QED) is 0.683. The summed E-state index contributed by atoms with van der Waals surface area (Å²) in [4.78, 5) is 17.5. The van der Waals surface area contributed by atoms with Crippen molar-refractivity contribution in [1.82, 2.24) is 4.98 Å². The van der Waals surface area contributed by atoms with E-state index in [0.29, 0.717) is 17.0 Å². The first-order valence-corrected chi connectivity index (χ1v) is 7.71. The summed E-state index contributed by atoms with van der Waals surface area (Å²) in [5.41, 5.74) is 1.78. The second kappa shape index (κ2) is 5.97. The Balaban J connectivity index is 2.19. The van der Waals surface area contributed by atoms with Crippen molar-refractivity contribution in [3.8, 4) is 22.6 Å². The molecule has 104 valence electrons. The Hall–Kier alpha value is -2.33. The summed E-state index contributed by atoms with van der Waals surface area (Å²) in [5.74, 6) is 0.490. The molecule has 21 heavy (non-hydrogen) atoms. The maximum atomic E-state index is 12.4. The summed E-state index contributed by atoms with van der Waals surface area (Å²) in [6, 6.07) is 16.9. The maximum Gasteiger partial charge on any atom is 0.345 e. The van der Waals surface area contributed by atoms with Crippen LogP contribution in [0.2, 0.25) is 0 Å². The summed E-state index contributed by atoms with van der Waals surface area (Å²) in [6.45, 7) is 0. The molecule has 2 heterocycles. The van der Waals surface area contributed by atoms with E-state index in [1.54, 1.807) is 6.20 Å². The van der Waals surface area contributed by atoms with E-state index in [9.17, 15) is 4.79 Å². The van der Waals surface area contributed by atoms with Crippen LogP contribution in [0.3, 0.4) is 0 Å². The fraction of sp³-hybridized carbons (Fsp3) is 0.0588. The smallest absolute Gasteiger partial charge is 0.345 e. The zero-order valence-corrected chi connectivity index (χ0v) is 12.3. The molecular weight excluding hydrogens is 282 g/mol. The fourth-order valence-corrected chi connectivity index (χ4v) is 2.76. The Bertz CT molecular complexity index is 798. The summed E-state index contributed by atoms with van der Waals surface area (Å²) in [6.07, 6.45) is 3.63. The van der Waals surface area contributed by atoms with Crippen molar-refractivity contribution in [3.63, 3.8) is 0 Å². The van der Waals surface area contributed by atoms with Gasteiger partial charge in [0.25, 0.3) is 0 Å². The van der Waals surface area contributed by atoms with E-state index < -0.39 is 0 Å². The topological polar surface area (TPSA) is 43.1 Å². The number of rotatable bonds is 3. The Morgan fingerprint density at radius 2 is 1.81 bits per heavy atom. The lowest BCUT2D eigenvalue weighted by atomic mass is 10.1. The third-order valence-electron chi connectivity index (χ3n) is 3.12. The van der Waals surface area contributed by atoms with Crippen molar-refractivity contribution in [1.29, 1.82) is 0 Å². The average Bonchev–Trinajstić information content (AvgIpc) is 2.55. The molecule has 0 atom stereocenters. The van der Waals surface area contributed by atoms with Gasteiger partial charge in [0.15, 0.2) is 5.76 Å². The van der Waals surface area contributed by atoms with E-state index in [1.165, 1.54) is 11.8 Å². The Kier molecular flexibility index (Phi) is 3.88. The van der Waals surface area contributed by atoms with Gasteiger partial charge in [0.1, 0.15) is 5.69 Å². The zero-order valence-electron chi connectivity index (χ0n) is 11.4. The van der Waals surface area contributed by atoms with Crippen LogP contribution in [0.25, 0.3) is 22.6 Å². The van der Waals surface area contributed by atoms with Gasteiger partial charge in [0.2, 0.25) is 0 Å². The van der Waals surface area contributed by atoms with E-state index >= 15 is 0 Å². The molecule has 2 aromatic heterocycles. The van der Waals surface area contributed by atoms with E-state index in [1.807, 2.05) is 60.9 Å². The molecule has 0 amide bonds. The monoisotopic (exact) mass is 295 g/mol. The highest BCUT2D eigenvalue weighted by Crippen LogP contribution is 2.30. The van der Waals surface area contributed by atoms with Gasteiger partial charge in [-0.05, 0) is 30.0 Å². The summed E-state index contributed by atoms with van der Waals surface area (Å²) >= 11 is 1.53. The van der Waals surface area contributed by atoms with Crippen LogP contribution in [-0.2, 0) is 0 Å². The molecule has 0 unspecified atom stereocenters. The normalized spacial score (nSPS) is 10.5. The third-order valence-corrected chi connectivity index (χ3v) is 3.88. The predicted molar refractivity (Wildman–Crippen MR) is 85.4 cm³/mol. The predicted octanol–water partition coefficient (Wildman–Crippen LogP) is 4.09. The summed E-state index contributed by atoms with van der Waals surface area (Å²) < 4.78 is 5.46. The van der Waals surface area contributed by atoms with E-state index in [2.05, 4.69) is 4.98 Å². The van der Waals surface area contributed by atoms with E-state index in [-0.39, 0.29) is 5.63 Å². The highest BCUT2D eigenvalue weighted by Gasteiger charge is 2.14. The number of nitrogens with zero attached hydrogens (tertiary/aromatic N) is 1. The molecule has 0 fully saturated rings. The van der Waals surface area contributed by atoms with Gasteiger partial charge in [-0.3, -0.25) is 4.98 Å².